The predicted octanol–water partition coefficient (Wildman–Crippen LogP) is 1.34. The second-order valence-electron chi connectivity index (χ2n) is 4.22. The van der Waals surface area contributed by atoms with Crippen molar-refractivity contribution < 1.29 is 4.79 Å². The van der Waals surface area contributed by atoms with Crippen LogP contribution in [0.3, 0.4) is 0 Å². The summed E-state index contributed by atoms with van der Waals surface area (Å²) in [4.78, 5) is 15.0. The van der Waals surface area contributed by atoms with Gasteiger partial charge in [0.15, 0.2) is 0 Å². The molecule has 0 aliphatic heterocycles. The van der Waals surface area contributed by atoms with Gasteiger partial charge in [0.25, 0.3) is 0 Å². The molecule has 0 radical (unpaired) electrons. The maximum absolute atomic E-state index is 12.0. The number of hydrogen-bond donors (Lipinski definition) is 3. The first-order valence-electron chi connectivity index (χ1n) is 5.36. The Morgan fingerprint density at radius 3 is 2.87 bits per heavy atom. The molecule has 0 saturated heterocycles. The van der Waals surface area contributed by atoms with Crippen molar-refractivity contribution in [2.75, 3.05) is 18.9 Å². The molecule has 1 amide bonds. The van der Waals surface area contributed by atoms with Gasteiger partial charge in [0, 0.05) is 18.9 Å². The zero-order valence-electron chi connectivity index (χ0n) is 8.97. The molecule has 82 valence electrons. The molecule has 4 nitrogen and oxygen atoms in total. The van der Waals surface area contributed by atoms with Gasteiger partial charge >= 0.3 is 0 Å². The molecular formula is C11H17N3O. The van der Waals surface area contributed by atoms with Crippen LogP contribution in [0.4, 0.5) is 5.69 Å². The van der Waals surface area contributed by atoms with Crippen LogP contribution in [0.1, 0.15) is 19.3 Å². The molecule has 0 atom stereocenters. The number of nitrogens with one attached hydrogen (secondary N) is 3. The van der Waals surface area contributed by atoms with Gasteiger partial charge in [0.2, 0.25) is 5.91 Å². The minimum absolute atomic E-state index is 0.141. The first-order chi connectivity index (χ1) is 7.27. The summed E-state index contributed by atoms with van der Waals surface area (Å²) in [6.07, 6.45) is 6.74. The van der Waals surface area contributed by atoms with Crippen LogP contribution in [0.5, 0.6) is 0 Å². The molecule has 1 fully saturated rings. The standard InChI is InChI=1S/C11H17N3O/c1-12-8-11(4-2-5-11)10(15)14-9-3-6-13-7-9/h3,6-7,12-13H,2,4-5,8H2,1H3,(H,14,15). The number of carbonyl (C=O) groups excluding carboxylic acids is 1. The third-order valence-corrected chi connectivity index (χ3v) is 3.16. The lowest BCUT2D eigenvalue weighted by molar-refractivity contribution is -0.129. The Hall–Kier alpha value is -1.29. The zero-order valence-corrected chi connectivity index (χ0v) is 8.97. The molecule has 15 heavy (non-hydrogen) atoms. The topological polar surface area (TPSA) is 56.9 Å². The lowest BCUT2D eigenvalue weighted by atomic mass is 9.68. The Balaban J connectivity index is 2.00. The second-order valence-corrected chi connectivity index (χ2v) is 4.22. The Labute approximate surface area is 89.5 Å². The first-order valence-corrected chi connectivity index (χ1v) is 5.36. The fourth-order valence-corrected chi connectivity index (χ4v) is 2.09. The van der Waals surface area contributed by atoms with E-state index in [2.05, 4.69) is 15.6 Å². The zero-order chi connectivity index (χ0) is 10.7. The number of hydrogen-bond acceptors (Lipinski definition) is 2. The Bertz CT molecular complexity index is 328. The molecule has 1 saturated carbocycles. The highest BCUT2D eigenvalue weighted by molar-refractivity contribution is 5.96. The summed E-state index contributed by atoms with van der Waals surface area (Å²) in [5, 5.41) is 6.04. The smallest absolute Gasteiger partial charge is 0.231 e. The fourth-order valence-electron chi connectivity index (χ4n) is 2.09. The van der Waals surface area contributed by atoms with E-state index in [9.17, 15) is 4.79 Å². The Morgan fingerprint density at radius 2 is 2.40 bits per heavy atom. The minimum atomic E-state index is -0.175. The summed E-state index contributed by atoms with van der Waals surface area (Å²) in [6.45, 7) is 0.767. The lowest BCUT2D eigenvalue weighted by Crippen LogP contribution is -2.48. The molecule has 1 heterocycles. The molecular weight excluding hydrogens is 190 g/mol. The quantitative estimate of drug-likeness (QED) is 0.698. The van der Waals surface area contributed by atoms with E-state index in [1.807, 2.05) is 13.1 Å². The van der Waals surface area contributed by atoms with E-state index in [0.29, 0.717) is 0 Å². The molecule has 1 aromatic rings. The van der Waals surface area contributed by atoms with E-state index >= 15 is 0 Å². The highest BCUT2D eigenvalue weighted by atomic mass is 16.2. The van der Waals surface area contributed by atoms with Crippen molar-refractivity contribution in [2.24, 2.45) is 5.41 Å². The van der Waals surface area contributed by atoms with E-state index < -0.39 is 0 Å². The van der Waals surface area contributed by atoms with E-state index in [4.69, 9.17) is 0 Å². The number of aromatic nitrogens is 1. The van der Waals surface area contributed by atoms with Crippen molar-refractivity contribution in [3.8, 4) is 0 Å². The second kappa shape index (κ2) is 4.06. The minimum Gasteiger partial charge on any atom is -0.366 e. The molecule has 0 unspecified atom stereocenters. The third kappa shape index (κ3) is 1.90. The van der Waals surface area contributed by atoms with Crippen LogP contribution >= 0.6 is 0 Å². The molecule has 1 aromatic heterocycles. The highest BCUT2D eigenvalue weighted by Gasteiger charge is 2.43. The monoisotopic (exact) mass is 207 g/mol. The summed E-state index contributed by atoms with van der Waals surface area (Å²) in [7, 11) is 1.89. The third-order valence-electron chi connectivity index (χ3n) is 3.16. The molecule has 2 rings (SSSR count). The van der Waals surface area contributed by atoms with E-state index in [0.717, 1.165) is 31.5 Å². The maximum atomic E-state index is 12.0. The number of rotatable bonds is 4. The fraction of sp³-hybridized carbons (Fsp3) is 0.545. The number of carbonyl (C=O) groups is 1. The van der Waals surface area contributed by atoms with Gasteiger partial charge in [-0.1, -0.05) is 6.42 Å². The van der Waals surface area contributed by atoms with Crippen LogP contribution in [-0.2, 0) is 4.79 Å². The van der Waals surface area contributed by atoms with E-state index in [1.165, 1.54) is 0 Å². The Kier molecular flexibility index (Phi) is 2.77. The molecule has 4 heteroatoms. The van der Waals surface area contributed by atoms with Crippen LogP contribution in [-0.4, -0.2) is 24.5 Å². The SMILES string of the molecule is CNCC1(C(=O)Nc2cc[nH]c2)CCC1. The van der Waals surface area contributed by atoms with Crippen LogP contribution in [0.2, 0.25) is 0 Å². The van der Waals surface area contributed by atoms with Gasteiger partial charge in [-0.3, -0.25) is 4.79 Å². The molecule has 3 N–H and O–H groups in total. The van der Waals surface area contributed by atoms with Gasteiger partial charge in [-0.2, -0.15) is 0 Å². The van der Waals surface area contributed by atoms with Gasteiger partial charge in [-0.25, -0.2) is 0 Å². The normalized spacial score (nSPS) is 18.2. The van der Waals surface area contributed by atoms with Gasteiger partial charge in [-0.15, -0.1) is 0 Å². The van der Waals surface area contributed by atoms with Crippen LogP contribution in [0.25, 0.3) is 0 Å². The molecule has 0 bridgehead atoms. The van der Waals surface area contributed by atoms with Crippen molar-refractivity contribution in [1.82, 2.24) is 10.3 Å². The van der Waals surface area contributed by atoms with Gasteiger partial charge in [0.1, 0.15) is 0 Å². The van der Waals surface area contributed by atoms with Crippen LogP contribution in [0.15, 0.2) is 18.5 Å². The molecule has 0 spiro atoms. The van der Waals surface area contributed by atoms with Crippen LogP contribution in [0, 0.1) is 5.41 Å². The maximum Gasteiger partial charge on any atom is 0.231 e. The largest absolute Gasteiger partial charge is 0.366 e. The summed E-state index contributed by atoms with van der Waals surface area (Å²) >= 11 is 0. The molecule has 1 aliphatic carbocycles. The summed E-state index contributed by atoms with van der Waals surface area (Å²) in [5.41, 5.74) is 0.675. The number of amides is 1. The summed E-state index contributed by atoms with van der Waals surface area (Å²) in [6, 6.07) is 1.86. The van der Waals surface area contributed by atoms with Crippen molar-refractivity contribution in [3.05, 3.63) is 18.5 Å². The van der Waals surface area contributed by atoms with Crippen LogP contribution < -0.4 is 10.6 Å². The summed E-state index contributed by atoms with van der Waals surface area (Å²) in [5.74, 6) is 0.141. The van der Waals surface area contributed by atoms with Gasteiger partial charge < -0.3 is 15.6 Å². The first kappa shape index (κ1) is 10.2. The number of aromatic amines is 1. The van der Waals surface area contributed by atoms with Gasteiger partial charge in [0.05, 0.1) is 11.1 Å². The van der Waals surface area contributed by atoms with Crippen molar-refractivity contribution in [2.45, 2.75) is 19.3 Å². The van der Waals surface area contributed by atoms with E-state index in [-0.39, 0.29) is 11.3 Å². The number of anilines is 1. The predicted molar refractivity (Wildman–Crippen MR) is 59.6 cm³/mol. The Morgan fingerprint density at radius 1 is 1.60 bits per heavy atom. The lowest BCUT2D eigenvalue weighted by Gasteiger charge is -2.39. The highest BCUT2D eigenvalue weighted by Crippen LogP contribution is 2.41. The van der Waals surface area contributed by atoms with E-state index in [1.54, 1.807) is 12.4 Å². The van der Waals surface area contributed by atoms with Gasteiger partial charge in [-0.05, 0) is 26.0 Å². The van der Waals surface area contributed by atoms with Crippen molar-refractivity contribution in [1.29, 1.82) is 0 Å². The average molecular weight is 207 g/mol. The molecule has 1 aliphatic rings. The molecule has 0 aromatic carbocycles. The summed E-state index contributed by atoms with van der Waals surface area (Å²) < 4.78 is 0. The van der Waals surface area contributed by atoms with Crippen molar-refractivity contribution >= 4 is 11.6 Å². The van der Waals surface area contributed by atoms with Crippen molar-refractivity contribution in [3.63, 3.8) is 0 Å². The number of H-pyrrole nitrogens is 1. The average Bonchev–Trinajstić information content (AvgIpc) is 2.63.